The highest BCUT2D eigenvalue weighted by molar-refractivity contribution is 7.71. The Hall–Kier alpha value is -3.46. The van der Waals surface area contributed by atoms with Crippen LogP contribution in [0.15, 0.2) is 48.5 Å². The summed E-state index contributed by atoms with van der Waals surface area (Å²) in [6, 6.07) is 13.3. The molecule has 150 valence electrons. The number of hydrogen-bond donors (Lipinski definition) is 3. The second kappa shape index (κ2) is 9.16. The fourth-order valence-electron chi connectivity index (χ4n) is 2.75. The van der Waals surface area contributed by atoms with E-state index in [4.69, 9.17) is 22.7 Å². The number of primary amides is 1. The molecule has 0 unspecified atom stereocenters. The molecule has 0 radical (unpaired) electrons. The number of hydrogen-bond acceptors (Lipinski definition) is 5. The molecule has 0 saturated heterocycles. The number of benzene rings is 2. The fourth-order valence-corrected chi connectivity index (χ4v) is 3.03. The van der Waals surface area contributed by atoms with Crippen molar-refractivity contribution in [2.24, 2.45) is 5.73 Å². The second-order valence-corrected chi connectivity index (χ2v) is 6.60. The quantitative estimate of drug-likeness (QED) is 0.493. The van der Waals surface area contributed by atoms with E-state index < -0.39 is 5.91 Å². The lowest BCUT2D eigenvalue weighted by atomic mass is 10.2. The van der Waals surface area contributed by atoms with Crippen LogP contribution in [0.3, 0.4) is 0 Å². The third-order valence-electron chi connectivity index (χ3n) is 4.28. The lowest BCUT2D eigenvalue weighted by Gasteiger charge is -2.08. The maximum Gasteiger partial charge on any atom is 0.251 e. The van der Waals surface area contributed by atoms with Gasteiger partial charge in [-0.2, -0.15) is 5.10 Å². The zero-order valence-corrected chi connectivity index (χ0v) is 16.7. The van der Waals surface area contributed by atoms with Crippen LogP contribution in [0.1, 0.15) is 33.5 Å². The van der Waals surface area contributed by atoms with E-state index in [0.29, 0.717) is 40.4 Å². The Morgan fingerprint density at radius 2 is 1.69 bits per heavy atom. The lowest BCUT2D eigenvalue weighted by Crippen LogP contribution is -2.26. The predicted octanol–water partition coefficient (Wildman–Crippen LogP) is 2.82. The largest absolute Gasteiger partial charge is 0.457 e. The van der Waals surface area contributed by atoms with Crippen molar-refractivity contribution in [1.29, 1.82) is 0 Å². The van der Waals surface area contributed by atoms with Gasteiger partial charge in [-0.1, -0.05) is 0 Å². The first kappa shape index (κ1) is 20.3. The van der Waals surface area contributed by atoms with Gasteiger partial charge in [0.05, 0.1) is 0 Å². The smallest absolute Gasteiger partial charge is 0.251 e. The topological polar surface area (TPSA) is 115 Å². The van der Waals surface area contributed by atoms with E-state index in [0.717, 1.165) is 12.4 Å². The summed E-state index contributed by atoms with van der Waals surface area (Å²) in [5, 5.41) is 9.80. The van der Waals surface area contributed by atoms with Crippen molar-refractivity contribution in [1.82, 2.24) is 20.1 Å². The molecule has 0 aliphatic heterocycles. The number of aromatic amines is 1. The Bertz CT molecular complexity index is 1050. The summed E-state index contributed by atoms with van der Waals surface area (Å²) in [6.45, 7) is 3.16. The van der Waals surface area contributed by atoms with Gasteiger partial charge in [0.25, 0.3) is 5.91 Å². The molecule has 2 aromatic carbocycles. The van der Waals surface area contributed by atoms with E-state index in [-0.39, 0.29) is 5.91 Å². The number of amides is 2. The van der Waals surface area contributed by atoms with Gasteiger partial charge in [-0.3, -0.25) is 14.7 Å². The van der Waals surface area contributed by atoms with Crippen molar-refractivity contribution < 1.29 is 14.3 Å². The third kappa shape index (κ3) is 5.08. The molecule has 3 aromatic rings. The van der Waals surface area contributed by atoms with Crippen molar-refractivity contribution in [2.45, 2.75) is 19.9 Å². The average molecular weight is 411 g/mol. The molecular formula is C20H21N5O3S. The number of aromatic nitrogens is 3. The monoisotopic (exact) mass is 411 g/mol. The minimum absolute atomic E-state index is 0.181. The van der Waals surface area contributed by atoms with Crippen LogP contribution >= 0.6 is 12.2 Å². The summed E-state index contributed by atoms with van der Waals surface area (Å²) in [5.41, 5.74) is 6.15. The van der Waals surface area contributed by atoms with E-state index in [2.05, 4.69) is 15.5 Å². The summed E-state index contributed by atoms with van der Waals surface area (Å²) < 4.78 is 8.18. The van der Waals surface area contributed by atoms with E-state index >= 15 is 0 Å². The van der Waals surface area contributed by atoms with E-state index in [1.807, 2.05) is 11.5 Å². The molecule has 0 fully saturated rings. The van der Waals surface area contributed by atoms with Crippen LogP contribution in [-0.4, -0.2) is 33.1 Å². The Morgan fingerprint density at radius 1 is 1.10 bits per heavy atom. The Kier molecular flexibility index (Phi) is 6.40. The zero-order valence-electron chi connectivity index (χ0n) is 15.8. The third-order valence-corrected chi connectivity index (χ3v) is 4.59. The average Bonchev–Trinajstić information content (AvgIpc) is 3.08. The second-order valence-electron chi connectivity index (χ2n) is 6.21. The Labute approximate surface area is 172 Å². The highest BCUT2D eigenvalue weighted by Crippen LogP contribution is 2.22. The highest BCUT2D eigenvalue weighted by atomic mass is 32.1. The number of nitrogens with one attached hydrogen (secondary N) is 2. The number of nitrogens with zero attached hydrogens (tertiary/aromatic N) is 2. The summed E-state index contributed by atoms with van der Waals surface area (Å²) in [4.78, 5) is 23.4. The van der Waals surface area contributed by atoms with Gasteiger partial charge in [0.15, 0.2) is 4.77 Å². The first-order chi connectivity index (χ1) is 14.0. The number of carbonyl (C=O) groups is 2. The molecule has 0 spiro atoms. The molecule has 0 aliphatic rings. The van der Waals surface area contributed by atoms with E-state index in [1.54, 1.807) is 48.5 Å². The highest BCUT2D eigenvalue weighted by Gasteiger charge is 2.08. The van der Waals surface area contributed by atoms with Crippen molar-refractivity contribution in [3.05, 3.63) is 70.3 Å². The standard InChI is InChI=1S/C20H21N5O3S/c1-2-25-17(23-24-20(25)29)11-12-22-19(27)14-5-9-16(10-6-14)28-15-7-3-13(4-8-15)18(21)26/h3-10H,2,11-12H2,1H3,(H2,21,26)(H,22,27)(H,24,29). The molecule has 8 nitrogen and oxygen atoms in total. The number of H-pyrrole nitrogens is 1. The van der Waals surface area contributed by atoms with Gasteiger partial charge in [0.2, 0.25) is 5.91 Å². The molecule has 4 N–H and O–H groups in total. The van der Waals surface area contributed by atoms with Crippen LogP contribution in [0.4, 0.5) is 0 Å². The minimum atomic E-state index is -0.492. The first-order valence-corrected chi connectivity index (χ1v) is 9.49. The van der Waals surface area contributed by atoms with Gasteiger partial charge < -0.3 is 20.4 Å². The fraction of sp³-hybridized carbons (Fsp3) is 0.200. The number of ether oxygens (including phenoxy) is 1. The molecular weight excluding hydrogens is 390 g/mol. The summed E-state index contributed by atoms with van der Waals surface area (Å²) in [6.07, 6.45) is 0.579. The summed E-state index contributed by atoms with van der Waals surface area (Å²) in [5.74, 6) is 1.28. The van der Waals surface area contributed by atoms with Gasteiger partial charge in [-0.05, 0) is 67.7 Å². The SMILES string of the molecule is CCn1c(CCNC(=O)c2ccc(Oc3ccc(C(N)=O)cc3)cc2)n[nH]c1=S. The predicted molar refractivity (Wildman–Crippen MR) is 111 cm³/mol. The van der Waals surface area contributed by atoms with Crippen molar-refractivity contribution in [3.8, 4) is 11.5 Å². The molecule has 0 saturated carbocycles. The molecule has 2 amide bonds. The maximum absolute atomic E-state index is 12.3. The van der Waals surface area contributed by atoms with Gasteiger partial charge in [0, 0.05) is 30.6 Å². The Balaban J connectivity index is 1.54. The normalized spacial score (nSPS) is 10.5. The van der Waals surface area contributed by atoms with Crippen LogP contribution < -0.4 is 15.8 Å². The molecule has 1 heterocycles. The number of nitrogens with two attached hydrogens (primary N) is 1. The van der Waals surface area contributed by atoms with Crippen LogP contribution in [-0.2, 0) is 13.0 Å². The van der Waals surface area contributed by atoms with Crippen LogP contribution in [0.2, 0.25) is 0 Å². The minimum Gasteiger partial charge on any atom is -0.457 e. The van der Waals surface area contributed by atoms with Crippen LogP contribution in [0.25, 0.3) is 0 Å². The molecule has 0 aliphatic carbocycles. The van der Waals surface area contributed by atoms with Gasteiger partial charge in [-0.25, -0.2) is 0 Å². The molecule has 29 heavy (non-hydrogen) atoms. The molecule has 0 atom stereocenters. The maximum atomic E-state index is 12.3. The Morgan fingerprint density at radius 3 is 2.24 bits per heavy atom. The van der Waals surface area contributed by atoms with Crippen molar-refractivity contribution in [3.63, 3.8) is 0 Å². The van der Waals surface area contributed by atoms with Crippen molar-refractivity contribution in [2.75, 3.05) is 6.54 Å². The van der Waals surface area contributed by atoms with Crippen LogP contribution in [0, 0.1) is 4.77 Å². The zero-order chi connectivity index (χ0) is 20.8. The molecule has 1 aromatic heterocycles. The van der Waals surface area contributed by atoms with Crippen molar-refractivity contribution >= 4 is 24.0 Å². The molecule has 3 rings (SSSR count). The van der Waals surface area contributed by atoms with Gasteiger partial charge >= 0.3 is 0 Å². The van der Waals surface area contributed by atoms with Gasteiger partial charge in [-0.15, -0.1) is 0 Å². The summed E-state index contributed by atoms with van der Waals surface area (Å²) >= 11 is 5.15. The van der Waals surface area contributed by atoms with Gasteiger partial charge in [0.1, 0.15) is 17.3 Å². The lowest BCUT2D eigenvalue weighted by molar-refractivity contribution is 0.0952. The molecule has 9 heteroatoms. The van der Waals surface area contributed by atoms with Crippen LogP contribution in [0.5, 0.6) is 11.5 Å². The number of carbonyl (C=O) groups excluding carboxylic acids is 2. The van der Waals surface area contributed by atoms with E-state index in [9.17, 15) is 9.59 Å². The molecule has 0 bridgehead atoms. The van der Waals surface area contributed by atoms with E-state index in [1.165, 1.54) is 0 Å². The number of rotatable bonds is 8. The first-order valence-electron chi connectivity index (χ1n) is 9.08. The summed E-state index contributed by atoms with van der Waals surface area (Å²) in [7, 11) is 0.